The van der Waals surface area contributed by atoms with Crippen molar-refractivity contribution < 1.29 is 0 Å². The maximum Gasteiger partial charge on any atom is 0.0361 e. The van der Waals surface area contributed by atoms with Crippen molar-refractivity contribution in [3.63, 3.8) is 0 Å². The molecule has 2 rings (SSSR count). The SMILES string of the molecule is CNC(c1ccccc1C)C1CCNC1. The molecule has 0 aromatic heterocycles. The Balaban J connectivity index is 2.22. The van der Waals surface area contributed by atoms with Gasteiger partial charge in [0.05, 0.1) is 0 Å². The summed E-state index contributed by atoms with van der Waals surface area (Å²) in [6.07, 6.45) is 1.28. The molecular weight excluding hydrogens is 184 g/mol. The first kappa shape index (κ1) is 10.7. The Hall–Kier alpha value is -0.860. The van der Waals surface area contributed by atoms with Crippen molar-refractivity contribution in [1.29, 1.82) is 0 Å². The Labute approximate surface area is 92.1 Å². The molecule has 0 amide bonds. The minimum atomic E-state index is 0.501. The summed E-state index contributed by atoms with van der Waals surface area (Å²) < 4.78 is 0. The molecule has 15 heavy (non-hydrogen) atoms. The predicted octanol–water partition coefficient (Wildman–Crippen LogP) is 1.87. The van der Waals surface area contributed by atoms with Gasteiger partial charge in [0.15, 0.2) is 0 Å². The van der Waals surface area contributed by atoms with Crippen molar-refractivity contribution in [3.8, 4) is 0 Å². The Morgan fingerprint density at radius 1 is 1.40 bits per heavy atom. The molecule has 1 aromatic rings. The largest absolute Gasteiger partial charge is 0.316 e. The van der Waals surface area contributed by atoms with E-state index in [-0.39, 0.29) is 0 Å². The van der Waals surface area contributed by atoms with E-state index in [0.29, 0.717) is 6.04 Å². The molecule has 1 aliphatic heterocycles. The number of benzene rings is 1. The highest BCUT2D eigenvalue weighted by Gasteiger charge is 2.25. The van der Waals surface area contributed by atoms with Crippen molar-refractivity contribution in [2.24, 2.45) is 5.92 Å². The van der Waals surface area contributed by atoms with E-state index in [2.05, 4.69) is 48.9 Å². The second-order valence-corrected chi connectivity index (χ2v) is 4.38. The maximum absolute atomic E-state index is 3.46. The molecule has 1 fully saturated rings. The van der Waals surface area contributed by atoms with E-state index in [0.717, 1.165) is 19.0 Å². The summed E-state index contributed by atoms with van der Waals surface area (Å²) in [6, 6.07) is 9.19. The molecule has 2 heteroatoms. The van der Waals surface area contributed by atoms with Crippen LogP contribution in [0.4, 0.5) is 0 Å². The van der Waals surface area contributed by atoms with Crippen LogP contribution in [0.15, 0.2) is 24.3 Å². The van der Waals surface area contributed by atoms with Gasteiger partial charge in [0.2, 0.25) is 0 Å². The number of hydrogen-bond acceptors (Lipinski definition) is 2. The second-order valence-electron chi connectivity index (χ2n) is 4.38. The van der Waals surface area contributed by atoms with Gasteiger partial charge in [-0.15, -0.1) is 0 Å². The van der Waals surface area contributed by atoms with Gasteiger partial charge in [0.25, 0.3) is 0 Å². The first-order valence-electron chi connectivity index (χ1n) is 5.76. The zero-order valence-corrected chi connectivity index (χ0v) is 9.59. The lowest BCUT2D eigenvalue weighted by atomic mass is 9.90. The molecular formula is C13H20N2. The molecule has 0 spiro atoms. The van der Waals surface area contributed by atoms with Gasteiger partial charge in [-0.25, -0.2) is 0 Å². The molecule has 1 saturated heterocycles. The van der Waals surface area contributed by atoms with E-state index in [1.165, 1.54) is 17.5 Å². The molecule has 2 unspecified atom stereocenters. The van der Waals surface area contributed by atoms with Gasteiger partial charge in [-0.1, -0.05) is 24.3 Å². The first-order chi connectivity index (χ1) is 7.33. The third kappa shape index (κ3) is 2.21. The minimum absolute atomic E-state index is 0.501. The molecule has 0 aliphatic carbocycles. The summed E-state index contributed by atoms with van der Waals surface area (Å²) in [5.74, 6) is 0.732. The van der Waals surface area contributed by atoms with Gasteiger partial charge in [-0.05, 0) is 50.5 Å². The highest BCUT2D eigenvalue weighted by atomic mass is 15.0. The monoisotopic (exact) mass is 204 g/mol. The van der Waals surface area contributed by atoms with Gasteiger partial charge in [-0.3, -0.25) is 0 Å². The van der Waals surface area contributed by atoms with Gasteiger partial charge in [0.1, 0.15) is 0 Å². The average molecular weight is 204 g/mol. The van der Waals surface area contributed by atoms with Crippen LogP contribution in [-0.2, 0) is 0 Å². The highest BCUT2D eigenvalue weighted by molar-refractivity contribution is 5.29. The lowest BCUT2D eigenvalue weighted by molar-refractivity contribution is 0.409. The van der Waals surface area contributed by atoms with Gasteiger partial charge in [-0.2, -0.15) is 0 Å². The number of hydrogen-bond donors (Lipinski definition) is 2. The Morgan fingerprint density at radius 3 is 2.80 bits per heavy atom. The Kier molecular flexibility index (Phi) is 3.39. The van der Waals surface area contributed by atoms with Crippen LogP contribution in [0.25, 0.3) is 0 Å². The molecule has 1 aliphatic rings. The van der Waals surface area contributed by atoms with E-state index in [9.17, 15) is 0 Å². The van der Waals surface area contributed by atoms with Crippen molar-refractivity contribution >= 4 is 0 Å². The standard InChI is InChI=1S/C13H20N2/c1-10-5-3-4-6-12(10)13(14-2)11-7-8-15-9-11/h3-6,11,13-15H,7-9H2,1-2H3. The fourth-order valence-electron chi connectivity index (χ4n) is 2.54. The molecule has 0 bridgehead atoms. The maximum atomic E-state index is 3.46. The normalized spacial score (nSPS) is 22.9. The number of aryl methyl sites for hydroxylation is 1. The van der Waals surface area contributed by atoms with Gasteiger partial charge in [0, 0.05) is 6.04 Å². The third-order valence-corrected chi connectivity index (χ3v) is 3.40. The van der Waals surface area contributed by atoms with Gasteiger partial charge >= 0.3 is 0 Å². The van der Waals surface area contributed by atoms with Crippen LogP contribution < -0.4 is 10.6 Å². The van der Waals surface area contributed by atoms with Crippen LogP contribution in [0.5, 0.6) is 0 Å². The minimum Gasteiger partial charge on any atom is -0.316 e. The van der Waals surface area contributed by atoms with Crippen LogP contribution in [0.3, 0.4) is 0 Å². The molecule has 0 saturated carbocycles. The average Bonchev–Trinajstić information content (AvgIpc) is 2.75. The molecule has 1 aromatic carbocycles. The summed E-state index contributed by atoms with van der Waals surface area (Å²) in [7, 11) is 2.06. The lowest BCUT2D eigenvalue weighted by Crippen LogP contribution is -2.27. The molecule has 2 atom stereocenters. The van der Waals surface area contributed by atoms with Crippen molar-refractivity contribution in [2.45, 2.75) is 19.4 Å². The molecule has 82 valence electrons. The first-order valence-corrected chi connectivity index (χ1v) is 5.76. The molecule has 2 nitrogen and oxygen atoms in total. The fraction of sp³-hybridized carbons (Fsp3) is 0.538. The van der Waals surface area contributed by atoms with Crippen LogP contribution in [-0.4, -0.2) is 20.1 Å². The Bertz CT molecular complexity index is 316. The smallest absolute Gasteiger partial charge is 0.0361 e. The fourth-order valence-corrected chi connectivity index (χ4v) is 2.54. The van der Waals surface area contributed by atoms with Crippen LogP contribution in [0.1, 0.15) is 23.6 Å². The van der Waals surface area contributed by atoms with E-state index < -0.39 is 0 Å². The van der Waals surface area contributed by atoms with E-state index in [4.69, 9.17) is 0 Å². The molecule has 2 N–H and O–H groups in total. The summed E-state index contributed by atoms with van der Waals surface area (Å²) in [6.45, 7) is 4.50. The van der Waals surface area contributed by atoms with Crippen molar-refractivity contribution in [2.75, 3.05) is 20.1 Å². The summed E-state index contributed by atoms with van der Waals surface area (Å²) in [4.78, 5) is 0. The van der Waals surface area contributed by atoms with Crippen molar-refractivity contribution in [1.82, 2.24) is 10.6 Å². The highest BCUT2D eigenvalue weighted by Crippen LogP contribution is 2.28. The quantitative estimate of drug-likeness (QED) is 0.785. The number of nitrogens with one attached hydrogen (secondary N) is 2. The zero-order valence-electron chi connectivity index (χ0n) is 9.59. The van der Waals surface area contributed by atoms with Crippen LogP contribution >= 0.6 is 0 Å². The second kappa shape index (κ2) is 4.77. The van der Waals surface area contributed by atoms with E-state index in [1.807, 2.05) is 0 Å². The number of rotatable bonds is 3. The van der Waals surface area contributed by atoms with Crippen LogP contribution in [0.2, 0.25) is 0 Å². The third-order valence-electron chi connectivity index (χ3n) is 3.40. The zero-order chi connectivity index (χ0) is 10.7. The lowest BCUT2D eigenvalue weighted by Gasteiger charge is -2.24. The van der Waals surface area contributed by atoms with E-state index >= 15 is 0 Å². The summed E-state index contributed by atoms with van der Waals surface area (Å²) in [5.41, 5.74) is 2.84. The molecule has 0 radical (unpaired) electrons. The Morgan fingerprint density at radius 2 is 2.20 bits per heavy atom. The predicted molar refractivity (Wildman–Crippen MR) is 64.0 cm³/mol. The van der Waals surface area contributed by atoms with Crippen LogP contribution in [0, 0.1) is 12.8 Å². The summed E-state index contributed by atoms with van der Waals surface area (Å²) >= 11 is 0. The van der Waals surface area contributed by atoms with E-state index in [1.54, 1.807) is 0 Å². The topological polar surface area (TPSA) is 24.1 Å². The summed E-state index contributed by atoms with van der Waals surface area (Å²) in [5, 5.41) is 6.90. The van der Waals surface area contributed by atoms with Crippen molar-refractivity contribution in [3.05, 3.63) is 35.4 Å². The molecule has 1 heterocycles. The van der Waals surface area contributed by atoms with Gasteiger partial charge < -0.3 is 10.6 Å².